The second-order valence-electron chi connectivity index (χ2n) is 4.27. The maximum Gasteiger partial charge on any atom is 0.252 e. The van der Waals surface area contributed by atoms with Gasteiger partial charge in [0.1, 0.15) is 5.78 Å². The van der Waals surface area contributed by atoms with E-state index in [4.69, 9.17) is 0 Å². The van der Waals surface area contributed by atoms with Gasteiger partial charge in [0.2, 0.25) is 0 Å². The summed E-state index contributed by atoms with van der Waals surface area (Å²) in [6.45, 7) is 0. The van der Waals surface area contributed by atoms with E-state index in [1.54, 1.807) is 6.07 Å². The number of ketones is 1. The first-order valence-corrected chi connectivity index (χ1v) is 6.53. The topological polar surface area (TPSA) is 46.2 Å². The fraction of sp³-hybridized carbons (Fsp3) is 0.385. The summed E-state index contributed by atoms with van der Waals surface area (Å²) >= 11 is 3.36. The Morgan fingerprint density at radius 2 is 1.88 bits per heavy atom. The second kappa shape index (κ2) is 5.45. The van der Waals surface area contributed by atoms with Gasteiger partial charge in [0, 0.05) is 23.4 Å². The van der Waals surface area contributed by atoms with Gasteiger partial charge < -0.3 is 5.32 Å². The molecule has 1 fully saturated rings. The Balaban J connectivity index is 1.98. The molecule has 0 heterocycles. The van der Waals surface area contributed by atoms with Gasteiger partial charge in [-0.25, -0.2) is 0 Å². The Morgan fingerprint density at radius 3 is 2.53 bits per heavy atom. The van der Waals surface area contributed by atoms with Crippen LogP contribution < -0.4 is 5.32 Å². The zero-order chi connectivity index (χ0) is 12.3. The smallest absolute Gasteiger partial charge is 0.252 e. The predicted molar refractivity (Wildman–Crippen MR) is 68.9 cm³/mol. The van der Waals surface area contributed by atoms with E-state index in [9.17, 15) is 9.59 Å². The van der Waals surface area contributed by atoms with Crippen LogP contribution >= 0.6 is 15.9 Å². The number of nitrogens with one attached hydrogen (secondary N) is 1. The molecule has 0 atom stereocenters. The molecule has 0 unspecified atom stereocenters. The molecule has 4 heteroatoms. The molecule has 1 aromatic carbocycles. The Kier molecular flexibility index (Phi) is 3.94. The first kappa shape index (κ1) is 12.3. The normalized spacial score (nSPS) is 16.9. The molecule has 1 aliphatic rings. The molecule has 3 nitrogen and oxygen atoms in total. The first-order chi connectivity index (χ1) is 8.16. The van der Waals surface area contributed by atoms with Crippen LogP contribution in [0.2, 0.25) is 0 Å². The molecule has 17 heavy (non-hydrogen) atoms. The molecular weight excluding hydrogens is 282 g/mol. The summed E-state index contributed by atoms with van der Waals surface area (Å²) in [5, 5.41) is 2.98. The minimum Gasteiger partial charge on any atom is -0.349 e. The molecule has 0 saturated heterocycles. The fourth-order valence-corrected chi connectivity index (χ4v) is 2.46. The van der Waals surface area contributed by atoms with Gasteiger partial charge in [0.05, 0.1) is 5.56 Å². The number of Topliss-reactive ketones (excluding diaryl/α,β-unsaturated/α-hetero) is 1. The highest BCUT2D eigenvalue weighted by molar-refractivity contribution is 9.10. The van der Waals surface area contributed by atoms with E-state index in [-0.39, 0.29) is 11.9 Å². The van der Waals surface area contributed by atoms with E-state index in [1.165, 1.54) is 0 Å². The summed E-state index contributed by atoms with van der Waals surface area (Å²) in [4.78, 5) is 23.1. The Bertz CT molecular complexity index is 435. The van der Waals surface area contributed by atoms with Crippen molar-refractivity contribution in [2.75, 3.05) is 0 Å². The SMILES string of the molecule is O=C1CCC(NC(=O)c2ccccc2Br)CC1. The van der Waals surface area contributed by atoms with Crippen LogP contribution in [-0.4, -0.2) is 17.7 Å². The number of carbonyl (C=O) groups excluding carboxylic acids is 2. The van der Waals surface area contributed by atoms with Gasteiger partial charge in [-0.2, -0.15) is 0 Å². The van der Waals surface area contributed by atoms with Crippen molar-refractivity contribution in [3.63, 3.8) is 0 Å². The standard InChI is InChI=1S/C13H14BrNO2/c14-12-4-2-1-3-11(12)13(17)15-9-5-7-10(16)8-6-9/h1-4,9H,5-8H2,(H,15,17). The van der Waals surface area contributed by atoms with E-state index < -0.39 is 0 Å². The maximum absolute atomic E-state index is 12.0. The van der Waals surface area contributed by atoms with Gasteiger partial charge in [-0.15, -0.1) is 0 Å². The lowest BCUT2D eigenvalue weighted by molar-refractivity contribution is -0.120. The number of carbonyl (C=O) groups is 2. The van der Waals surface area contributed by atoms with E-state index in [0.29, 0.717) is 24.2 Å². The molecule has 90 valence electrons. The van der Waals surface area contributed by atoms with Crippen molar-refractivity contribution >= 4 is 27.6 Å². The third kappa shape index (κ3) is 3.16. The van der Waals surface area contributed by atoms with Gasteiger partial charge >= 0.3 is 0 Å². The number of amides is 1. The molecule has 2 rings (SSSR count). The summed E-state index contributed by atoms with van der Waals surface area (Å²) in [6, 6.07) is 7.48. The lowest BCUT2D eigenvalue weighted by Crippen LogP contribution is -2.37. The third-order valence-electron chi connectivity index (χ3n) is 3.00. The van der Waals surface area contributed by atoms with E-state index >= 15 is 0 Å². The minimum atomic E-state index is -0.0724. The molecule has 1 aliphatic carbocycles. The monoisotopic (exact) mass is 295 g/mol. The molecule has 1 amide bonds. The van der Waals surface area contributed by atoms with Gasteiger partial charge in [-0.3, -0.25) is 9.59 Å². The Hall–Kier alpha value is -1.16. The summed E-state index contributed by atoms with van der Waals surface area (Å²) in [5.41, 5.74) is 0.643. The lowest BCUT2D eigenvalue weighted by Gasteiger charge is -2.22. The highest BCUT2D eigenvalue weighted by Crippen LogP contribution is 2.18. The van der Waals surface area contributed by atoms with Crippen LogP contribution in [0.3, 0.4) is 0 Å². The van der Waals surface area contributed by atoms with E-state index in [1.807, 2.05) is 18.2 Å². The Labute approximate surface area is 109 Å². The van der Waals surface area contributed by atoms with Gasteiger partial charge in [0.25, 0.3) is 5.91 Å². The molecule has 1 aromatic rings. The van der Waals surface area contributed by atoms with E-state index in [2.05, 4.69) is 21.2 Å². The summed E-state index contributed by atoms with van der Waals surface area (Å²) in [7, 11) is 0. The average molecular weight is 296 g/mol. The molecule has 0 radical (unpaired) electrons. The van der Waals surface area contributed by atoms with Gasteiger partial charge in [0.15, 0.2) is 0 Å². The highest BCUT2D eigenvalue weighted by Gasteiger charge is 2.21. The Morgan fingerprint density at radius 1 is 1.24 bits per heavy atom. The molecule has 1 saturated carbocycles. The van der Waals surface area contributed by atoms with Crippen LogP contribution in [-0.2, 0) is 4.79 Å². The molecule has 0 spiro atoms. The summed E-state index contributed by atoms with van der Waals surface area (Å²) in [5.74, 6) is 0.230. The number of benzene rings is 1. The van der Waals surface area contributed by atoms with Crippen molar-refractivity contribution in [2.45, 2.75) is 31.7 Å². The average Bonchev–Trinajstić information content (AvgIpc) is 2.32. The van der Waals surface area contributed by atoms with E-state index in [0.717, 1.165) is 17.3 Å². The number of rotatable bonds is 2. The number of hydrogen-bond donors (Lipinski definition) is 1. The van der Waals surface area contributed by atoms with Crippen LogP contribution in [0.15, 0.2) is 28.7 Å². The fourth-order valence-electron chi connectivity index (χ4n) is 1.99. The first-order valence-electron chi connectivity index (χ1n) is 5.74. The summed E-state index contributed by atoms with van der Waals surface area (Å²) in [6.07, 6.45) is 2.69. The van der Waals surface area contributed by atoms with Crippen molar-refractivity contribution < 1.29 is 9.59 Å². The molecule has 0 aliphatic heterocycles. The zero-order valence-corrected chi connectivity index (χ0v) is 11.0. The van der Waals surface area contributed by atoms with Crippen molar-refractivity contribution in [3.05, 3.63) is 34.3 Å². The molecule has 1 N–H and O–H groups in total. The van der Waals surface area contributed by atoms with Gasteiger partial charge in [-0.1, -0.05) is 12.1 Å². The van der Waals surface area contributed by atoms with Crippen molar-refractivity contribution in [1.82, 2.24) is 5.32 Å². The highest BCUT2D eigenvalue weighted by atomic mass is 79.9. The second-order valence-corrected chi connectivity index (χ2v) is 5.12. The molecule has 0 bridgehead atoms. The predicted octanol–water partition coefficient (Wildman–Crippen LogP) is 2.69. The number of halogens is 1. The van der Waals surface area contributed by atoms with Crippen LogP contribution in [0.4, 0.5) is 0 Å². The van der Waals surface area contributed by atoms with Gasteiger partial charge in [-0.05, 0) is 40.9 Å². The maximum atomic E-state index is 12.0. The van der Waals surface area contributed by atoms with Crippen LogP contribution in [0.5, 0.6) is 0 Å². The van der Waals surface area contributed by atoms with Crippen LogP contribution in [0.25, 0.3) is 0 Å². The van der Waals surface area contributed by atoms with Crippen LogP contribution in [0.1, 0.15) is 36.0 Å². The zero-order valence-electron chi connectivity index (χ0n) is 9.41. The summed E-state index contributed by atoms with van der Waals surface area (Å²) < 4.78 is 0.796. The molecular formula is C13H14BrNO2. The quantitative estimate of drug-likeness (QED) is 0.912. The largest absolute Gasteiger partial charge is 0.349 e. The van der Waals surface area contributed by atoms with Crippen molar-refractivity contribution in [2.24, 2.45) is 0 Å². The molecule has 0 aromatic heterocycles. The van der Waals surface area contributed by atoms with Crippen LogP contribution in [0, 0.1) is 0 Å². The lowest BCUT2D eigenvalue weighted by atomic mass is 9.94. The minimum absolute atomic E-state index is 0.0724. The number of hydrogen-bond acceptors (Lipinski definition) is 2. The van der Waals surface area contributed by atoms with Crippen molar-refractivity contribution in [1.29, 1.82) is 0 Å². The van der Waals surface area contributed by atoms with Crippen molar-refractivity contribution in [3.8, 4) is 0 Å². The third-order valence-corrected chi connectivity index (χ3v) is 3.69.